The van der Waals surface area contributed by atoms with E-state index in [0.29, 0.717) is 12.5 Å². The Balaban J connectivity index is 1.09. The van der Waals surface area contributed by atoms with E-state index in [9.17, 15) is 9.59 Å². The summed E-state index contributed by atoms with van der Waals surface area (Å²) >= 11 is 0. The molecule has 3 N–H and O–H groups in total. The van der Waals surface area contributed by atoms with E-state index in [1.165, 1.54) is 0 Å². The molecule has 2 aliphatic heterocycles. The number of nitrogens with one attached hydrogen (secondary N) is 3. The summed E-state index contributed by atoms with van der Waals surface area (Å²) in [5, 5.41) is 3.28. The van der Waals surface area contributed by atoms with Crippen molar-refractivity contribution in [1.82, 2.24) is 35.1 Å². The quantitative estimate of drug-likeness (QED) is 0.176. The second-order valence-electron chi connectivity index (χ2n) is 13.4. The predicted octanol–water partition coefficient (Wildman–Crippen LogP) is 6.57. The van der Waals surface area contributed by atoms with Crippen LogP contribution < -0.4 is 5.32 Å². The highest BCUT2D eigenvalue weighted by atomic mass is 16.2. The maximum Gasteiger partial charge on any atom is 0.237 e. The van der Waals surface area contributed by atoms with E-state index in [0.717, 1.165) is 90.6 Å². The minimum absolute atomic E-state index is 0.00329. The number of likely N-dealkylation sites (tertiary alicyclic amines) is 2. The van der Waals surface area contributed by atoms with Crippen molar-refractivity contribution in [3.05, 3.63) is 79.0 Å². The molecule has 0 bridgehead atoms. The van der Waals surface area contributed by atoms with Gasteiger partial charge >= 0.3 is 0 Å². The zero-order valence-corrected chi connectivity index (χ0v) is 27.4. The van der Waals surface area contributed by atoms with Crippen LogP contribution >= 0.6 is 0 Å². The van der Waals surface area contributed by atoms with E-state index in [4.69, 9.17) is 0 Å². The fraction of sp³-hybridized carbons (Fsp3) is 0.432. The number of aromatic amines is 2. The summed E-state index contributed by atoms with van der Waals surface area (Å²) in [6.07, 6.45) is 9.37. The number of hydrogen-bond donors (Lipinski definition) is 3. The van der Waals surface area contributed by atoms with Gasteiger partial charge in [-0.15, -0.1) is 0 Å². The molecule has 2 amide bonds. The molecule has 4 heterocycles. The van der Waals surface area contributed by atoms with Crippen molar-refractivity contribution >= 4 is 11.8 Å². The first-order chi connectivity index (χ1) is 22.3. The predicted molar refractivity (Wildman–Crippen MR) is 181 cm³/mol. The van der Waals surface area contributed by atoms with Gasteiger partial charge in [-0.2, -0.15) is 0 Å². The summed E-state index contributed by atoms with van der Waals surface area (Å²) in [6, 6.07) is 17.0. The first-order valence-electron chi connectivity index (χ1n) is 16.7. The molecule has 2 aromatic carbocycles. The zero-order chi connectivity index (χ0) is 32.2. The van der Waals surface area contributed by atoms with Crippen molar-refractivity contribution in [2.45, 2.75) is 65.5 Å². The molecule has 2 fully saturated rings. The van der Waals surface area contributed by atoms with Gasteiger partial charge in [0, 0.05) is 13.1 Å². The van der Waals surface area contributed by atoms with Gasteiger partial charge in [0.25, 0.3) is 0 Å². The van der Waals surface area contributed by atoms with E-state index >= 15 is 0 Å². The molecular weight excluding hydrogens is 574 g/mol. The molecule has 0 aliphatic carbocycles. The van der Waals surface area contributed by atoms with Crippen molar-refractivity contribution in [3.8, 4) is 33.6 Å². The van der Waals surface area contributed by atoms with Gasteiger partial charge in [0.2, 0.25) is 11.8 Å². The minimum atomic E-state index is -0.00573. The van der Waals surface area contributed by atoms with Crippen LogP contribution in [0.25, 0.3) is 33.6 Å². The van der Waals surface area contributed by atoms with Crippen molar-refractivity contribution in [1.29, 1.82) is 0 Å². The minimum Gasteiger partial charge on any atom is -0.340 e. The van der Waals surface area contributed by atoms with Crippen LogP contribution in [0.1, 0.15) is 77.1 Å². The van der Waals surface area contributed by atoms with Gasteiger partial charge in [-0.25, -0.2) is 9.97 Å². The molecule has 2 saturated heterocycles. The molecule has 9 nitrogen and oxygen atoms in total. The van der Waals surface area contributed by atoms with Crippen molar-refractivity contribution in [2.75, 3.05) is 26.2 Å². The molecule has 2 aliphatic rings. The maximum absolute atomic E-state index is 12.9. The zero-order valence-electron chi connectivity index (χ0n) is 27.4. The Morgan fingerprint density at radius 1 is 0.783 bits per heavy atom. The smallest absolute Gasteiger partial charge is 0.237 e. The number of rotatable bonds is 11. The third kappa shape index (κ3) is 7.09. The number of hydrogen-bond acceptors (Lipinski definition) is 5. The SMILES string of the molecule is CC(C)[CH]C(=O)N1CCC[C@H]1c1ncc(-c2ccc(-c3ccc(-c4cnc(C5CCCN5C(=O)CNCC(C)C)[nH]4)cc3)cc2)[nH]1. The van der Waals surface area contributed by atoms with Crippen molar-refractivity contribution in [3.63, 3.8) is 0 Å². The Morgan fingerprint density at radius 3 is 1.76 bits per heavy atom. The van der Waals surface area contributed by atoms with E-state index in [1.807, 2.05) is 36.0 Å². The molecule has 241 valence electrons. The van der Waals surface area contributed by atoms with Gasteiger partial charge in [-0.1, -0.05) is 76.2 Å². The number of benzene rings is 2. The second kappa shape index (κ2) is 14.0. The van der Waals surface area contributed by atoms with Gasteiger partial charge in [-0.3, -0.25) is 9.59 Å². The van der Waals surface area contributed by atoms with Crippen LogP contribution in [0, 0.1) is 18.3 Å². The molecule has 4 aromatic rings. The number of amides is 2. The third-order valence-corrected chi connectivity index (χ3v) is 8.96. The summed E-state index contributed by atoms with van der Waals surface area (Å²) < 4.78 is 0. The number of H-pyrrole nitrogens is 2. The number of carbonyl (C=O) groups excluding carboxylic acids is 2. The maximum atomic E-state index is 12.9. The van der Waals surface area contributed by atoms with E-state index < -0.39 is 0 Å². The standard InChI is InChI=1S/C37H46N7O2/c1-24(2)19-34(45)43-17-5-7-32(43)36-39-21-30(41-36)28-13-9-26(10-14-28)27-11-15-29(16-12-27)31-22-40-37(42-31)33-8-6-18-44(33)35(46)23-38-20-25(3)4/h9-16,19,21-22,24-25,32-33,38H,5-8,17-18,20,23H2,1-4H3,(H,39,41)(H,40,42)/t32-,33?/m0/s1. The third-order valence-electron chi connectivity index (χ3n) is 8.96. The second-order valence-corrected chi connectivity index (χ2v) is 13.4. The van der Waals surface area contributed by atoms with Crippen LogP contribution in [-0.2, 0) is 9.59 Å². The first-order valence-corrected chi connectivity index (χ1v) is 16.7. The largest absolute Gasteiger partial charge is 0.340 e. The Hall–Kier alpha value is -4.24. The lowest BCUT2D eigenvalue weighted by Crippen LogP contribution is -2.39. The molecule has 1 radical (unpaired) electrons. The lowest BCUT2D eigenvalue weighted by molar-refractivity contribution is -0.131. The number of aromatic nitrogens is 4. The molecular formula is C37H46N7O2. The molecule has 1 unspecified atom stereocenters. The molecule has 9 heteroatoms. The summed E-state index contributed by atoms with van der Waals surface area (Å²) in [5.41, 5.74) is 6.28. The van der Waals surface area contributed by atoms with Gasteiger partial charge in [0.1, 0.15) is 11.6 Å². The van der Waals surface area contributed by atoms with Crippen molar-refractivity contribution < 1.29 is 9.59 Å². The van der Waals surface area contributed by atoms with Gasteiger partial charge in [0.15, 0.2) is 0 Å². The Morgan fingerprint density at radius 2 is 1.26 bits per heavy atom. The highest BCUT2D eigenvalue weighted by Crippen LogP contribution is 2.34. The molecule has 46 heavy (non-hydrogen) atoms. The number of nitrogens with zero attached hydrogens (tertiary/aromatic N) is 4. The first kappa shape index (κ1) is 31.7. The molecule has 0 saturated carbocycles. The van der Waals surface area contributed by atoms with Gasteiger partial charge in [-0.05, 0) is 66.3 Å². The Kier molecular flexibility index (Phi) is 9.68. The molecule has 0 spiro atoms. The topological polar surface area (TPSA) is 110 Å². The van der Waals surface area contributed by atoms with E-state index in [2.05, 4.69) is 87.6 Å². The Bertz CT molecular complexity index is 1620. The normalized spacial score (nSPS) is 18.3. The molecule has 6 rings (SSSR count). The highest BCUT2D eigenvalue weighted by Gasteiger charge is 2.33. The molecule has 2 aromatic heterocycles. The average molecular weight is 621 g/mol. The fourth-order valence-electron chi connectivity index (χ4n) is 6.60. The monoisotopic (exact) mass is 620 g/mol. The average Bonchev–Trinajstić information content (AvgIpc) is 3.87. The Labute approximate surface area is 272 Å². The lowest BCUT2D eigenvalue weighted by atomic mass is 10.0. The van der Waals surface area contributed by atoms with Gasteiger partial charge in [0.05, 0.1) is 48.8 Å². The van der Waals surface area contributed by atoms with Crippen LogP contribution in [0.15, 0.2) is 60.9 Å². The van der Waals surface area contributed by atoms with Crippen LogP contribution in [0.2, 0.25) is 0 Å². The fourth-order valence-corrected chi connectivity index (χ4v) is 6.60. The van der Waals surface area contributed by atoms with E-state index in [-0.39, 0.29) is 29.8 Å². The van der Waals surface area contributed by atoms with Crippen LogP contribution in [0.3, 0.4) is 0 Å². The summed E-state index contributed by atoms with van der Waals surface area (Å²) in [7, 11) is 0. The molecule has 2 atom stereocenters. The van der Waals surface area contributed by atoms with Crippen LogP contribution in [0.5, 0.6) is 0 Å². The summed E-state index contributed by atoms with van der Waals surface area (Å²) in [4.78, 5) is 45.9. The van der Waals surface area contributed by atoms with Crippen LogP contribution in [0.4, 0.5) is 0 Å². The number of carbonyl (C=O) groups is 2. The van der Waals surface area contributed by atoms with Gasteiger partial charge < -0.3 is 25.1 Å². The summed E-state index contributed by atoms with van der Waals surface area (Å²) in [5.74, 6) is 2.67. The van der Waals surface area contributed by atoms with Crippen molar-refractivity contribution in [2.24, 2.45) is 11.8 Å². The summed E-state index contributed by atoms with van der Waals surface area (Å²) in [6.45, 7) is 11.1. The number of imidazole rings is 2. The lowest BCUT2D eigenvalue weighted by Gasteiger charge is -2.23. The van der Waals surface area contributed by atoms with E-state index in [1.54, 1.807) is 6.42 Å². The highest BCUT2D eigenvalue weighted by molar-refractivity contribution is 5.85. The van der Waals surface area contributed by atoms with Crippen LogP contribution in [-0.4, -0.2) is 67.7 Å².